The number of hydrogen-bond acceptors (Lipinski definition) is 7. The lowest BCUT2D eigenvalue weighted by Crippen LogP contribution is -2.07. The van der Waals surface area contributed by atoms with Crippen LogP contribution in [0.25, 0.3) is 89.7 Å². The van der Waals surface area contributed by atoms with Crippen LogP contribution in [0.3, 0.4) is 0 Å². The average Bonchev–Trinajstić information content (AvgIpc) is 3.75. The molecule has 0 saturated carbocycles. The average molecular weight is 686 g/mol. The minimum absolute atomic E-state index is 0.221. The molecule has 0 fully saturated rings. The maximum absolute atomic E-state index is 16.3. The Morgan fingerprint density at radius 2 is 1.25 bits per heavy atom. The number of halogens is 1. The van der Waals surface area contributed by atoms with Crippen molar-refractivity contribution >= 4 is 38.5 Å². The molecular formula is C43H24FN9. The van der Waals surface area contributed by atoms with Gasteiger partial charge in [0.1, 0.15) is 23.4 Å². The van der Waals surface area contributed by atoms with Crippen LogP contribution in [0, 0.1) is 17.1 Å². The third kappa shape index (κ3) is 4.91. The Morgan fingerprint density at radius 3 is 2.00 bits per heavy atom. The lowest BCUT2D eigenvalue weighted by atomic mass is 10.1. The molecule has 0 aliphatic rings. The van der Waals surface area contributed by atoms with Crippen LogP contribution < -0.4 is 0 Å². The summed E-state index contributed by atoms with van der Waals surface area (Å²) in [7, 11) is 0. The molecule has 0 atom stereocenters. The summed E-state index contributed by atoms with van der Waals surface area (Å²) in [6.07, 6.45) is 3.54. The van der Waals surface area contributed by atoms with Gasteiger partial charge in [0.15, 0.2) is 17.5 Å². The van der Waals surface area contributed by atoms with E-state index in [-0.39, 0.29) is 11.4 Å². The number of imidazole rings is 1. The summed E-state index contributed by atoms with van der Waals surface area (Å²) in [4.78, 5) is 28.3. The van der Waals surface area contributed by atoms with Crippen molar-refractivity contribution in [2.45, 2.75) is 0 Å². The van der Waals surface area contributed by atoms with Gasteiger partial charge in [0, 0.05) is 45.3 Å². The lowest BCUT2D eigenvalue weighted by molar-refractivity contribution is 0.621. The van der Waals surface area contributed by atoms with Crippen molar-refractivity contribution in [1.29, 1.82) is 5.26 Å². The first kappa shape index (κ1) is 30.2. The zero-order valence-electron chi connectivity index (χ0n) is 27.8. The lowest BCUT2D eigenvalue weighted by Gasteiger charge is -2.13. The Labute approximate surface area is 301 Å². The highest BCUT2D eigenvalue weighted by Crippen LogP contribution is 2.36. The molecule has 0 radical (unpaired) electrons. The SMILES string of the molecule is N#Cc1ccccc1-c1ncnc(-c2ccc3c(c2)nc2cc4c(cn23)c2ccccc2n4-c2nc(-c3ccccc3)c(F)c(-c3ccccc3)n2)n1. The molecule has 5 aromatic heterocycles. The van der Waals surface area contributed by atoms with Gasteiger partial charge < -0.3 is 0 Å². The first-order valence-electron chi connectivity index (χ1n) is 16.9. The molecule has 10 rings (SSSR count). The fraction of sp³-hybridized carbons (Fsp3) is 0. The van der Waals surface area contributed by atoms with Gasteiger partial charge in [0.05, 0.1) is 33.7 Å². The van der Waals surface area contributed by atoms with E-state index < -0.39 is 5.82 Å². The van der Waals surface area contributed by atoms with Gasteiger partial charge in [-0.05, 0) is 36.4 Å². The fourth-order valence-electron chi connectivity index (χ4n) is 6.97. The first-order valence-corrected chi connectivity index (χ1v) is 16.9. The molecule has 0 unspecified atom stereocenters. The van der Waals surface area contributed by atoms with Crippen molar-refractivity contribution < 1.29 is 4.39 Å². The Bertz CT molecular complexity index is 3030. The number of nitrogens with zero attached hydrogens (tertiary/aromatic N) is 9. The Balaban J connectivity index is 1.17. The van der Waals surface area contributed by atoms with Crippen LogP contribution in [-0.2, 0) is 0 Å². The molecule has 0 spiro atoms. The second kappa shape index (κ2) is 12.0. The van der Waals surface area contributed by atoms with Crippen LogP contribution in [0.15, 0.2) is 146 Å². The number of hydrogen-bond donors (Lipinski definition) is 0. The molecule has 9 nitrogen and oxygen atoms in total. The Hall–Kier alpha value is -7.64. The van der Waals surface area contributed by atoms with Crippen molar-refractivity contribution in [2.75, 3.05) is 0 Å². The highest BCUT2D eigenvalue weighted by atomic mass is 19.1. The van der Waals surface area contributed by atoms with Crippen LogP contribution in [0.4, 0.5) is 4.39 Å². The third-order valence-electron chi connectivity index (χ3n) is 9.45. The van der Waals surface area contributed by atoms with E-state index >= 15 is 4.39 Å². The maximum Gasteiger partial charge on any atom is 0.236 e. The smallest absolute Gasteiger partial charge is 0.236 e. The first-order chi connectivity index (χ1) is 26.1. The van der Waals surface area contributed by atoms with Gasteiger partial charge >= 0.3 is 0 Å². The molecule has 248 valence electrons. The molecule has 53 heavy (non-hydrogen) atoms. The van der Waals surface area contributed by atoms with Gasteiger partial charge in [-0.3, -0.25) is 8.97 Å². The molecule has 5 aromatic carbocycles. The Kier molecular flexibility index (Phi) is 6.84. The zero-order chi connectivity index (χ0) is 35.5. The Morgan fingerprint density at radius 1 is 0.566 bits per heavy atom. The summed E-state index contributed by atoms with van der Waals surface area (Å²) >= 11 is 0. The van der Waals surface area contributed by atoms with Gasteiger partial charge in [-0.1, -0.05) is 91.0 Å². The van der Waals surface area contributed by atoms with Crippen molar-refractivity contribution in [3.8, 4) is 57.3 Å². The van der Waals surface area contributed by atoms with E-state index in [1.54, 1.807) is 6.07 Å². The molecule has 0 saturated heterocycles. The van der Waals surface area contributed by atoms with Crippen molar-refractivity contribution in [2.24, 2.45) is 0 Å². The van der Waals surface area contributed by atoms with Crippen LogP contribution in [0.5, 0.6) is 0 Å². The molecule has 0 N–H and O–H groups in total. The predicted octanol–water partition coefficient (Wildman–Crippen LogP) is 9.24. The number of benzene rings is 5. The van der Waals surface area contributed by atoms with Gasteiger partial charge in [-0.2, -0.15) is 5.26 Å². The molecule has 10 aromatic rings. The second-order valence-electron chi connectivity index (χ2n) is 12.5. The van der Waals surface area contributed by atoms with Gasteiger partial charge in [0.25, 0.3) is 0 Å². The van der Waals surface area contributed by atoms with E-state index in [4.69, 9.17) is 19.9 Å². The molecule has 0 aliphatic heterocycles. The molecule has 10 heteroatoms. The molecule has 0 bridgehead atoms. The van der Waals surface area contributed by atoms with Crippen LogP contribution >= 0.6 is 0 Å². The van der Waals surface area contributed by atoms with E-state index in [2.05, 4.69) is 32.7 Å². The van der Waals surface area contributed by atoms with E-state index in [0.717, 1.165) is 38.4 Å². The number of pyridine rings is 1. The number of para-hydroxylation sites is 1. The monoisotopic (exact) mass is 685 g/mol. The quantitative estimate of drug-likeness (QED) is 0.178. The van der Waals surface area contributed by atoms with Crippen molar-refractivity contribution in [3.63, 3.8) is 0 Å². The number of nitriles is 1. The van der Waals surface area contributed by atoms with E-state index in [0.29, 0.717) is 45.5 Å². The summed E-state index contributed by atoms with van der Waals surface area (Å²) < 4.78 is 20.4. The fourth-order valence-corrected chi connectivity index (χ4v) is 6.97. The number of rotatable bonds is 5. The van der Waals surface area contributed by atoms with Gasteiger partial charge in [-0.15, -0.1) is 0 Å². The standard InChI is InChI=1S/C43H24FN9/c44-38-39(26-11-3-1-4-12-26)49-43(50-40(38)27-13-5-2-6-14-27)53-34-18-10-9-17-31(34)32-24-52-35-20-19-28(21-33(35)48-37(52)22-36(32)53)41-46-25-47-42(51-41)30-16-8-7-15-29(30)23-45/h1-22,24-25H. The summed E-state index contributed by atoms with van der Waals surface area (Å²) in [6.45, 7) is 0. The topological polar surface area (TPSA) is 110 Å². The maximum atomic E-state index is 16.3. The van der Waals surface area contributed by atoms with E-state index in [9.17, 15) is 5.26 Å². The molecule has 5 heterocycles. The third-order valence-corrected chi connectivity index (χ3v) is 9.45. The summed E-state index contributed by atoms with van der Waals surface area (Å²) in [5.41, 5.74) is 7.73. The number of aromatic nitrogens is 8. The van der Waals surface area contributed by atoms with Gasteiger partial charge in [-0.25, -0.2) is 34.3 Å². The number of fused-ring (bicyclic) bond motifs is 6. The summed E-state index contributed by atoms with van der Waals surface area (Å²) in [6, 6.07) is 44.2. The summed E-state index contributed by atoms with van der Waals surface area (Å²) in [5, 5.41) is 11.6. The van der Waals surface area contributed by atoms with Crippen molar-refractivity contribution in [3.05, 3.63) is 157 Å². The molecular weight excluding hydrogens is 662 g/mol. The van der Waals surface area contributed by atoms with E-state index in [1.165, 1.54) is 6.33 Å². The summed E-state index contributed by atoms with van der Waals surface area (Å²) in [5.74, 6) is 0.762. The molecule has 0 amide bonds. The van der Waals surface area contributed by atoms with Gasteiger partial charge in [0.2, 0.25) is 5.95 Å². The highest BCUT2D eigenvalue weighted by Gasteiger charge is 2.22. The second-order valence-corrected chi connectivity index (χ2v) is 12.5. The molecule has 0 aliphatic carbocycles. The largest absolute Gasteiger partial charge is 0.299 e. The highest BCUT2D eigenvalue weighted by molar-refractivity contribution is 6.10. The minimum Gasteiger partial charge on any atom is -0.299 e. The van der Waals surface area contributed by atoms with E-state index in [1.807, 2.05) is 126 Å². The van der Waals surface area contributed by atoms with Crippen molar-refractivity contribution in [1.82, 2.24) is 38.9 Å². The zero-order valence-corrected chi connectivity index (χ0v) is 27.8. The van der Waals surface area contributed by atoms with Crippen LogP contribution in [0.2, 0.25) is 0 Å². The predicted molar refractivity (Wildman–Crippen MR) is 202 cm³/mol. The van der Waals surface area contributed by atoms with Crippen LogP contribution in [-0.4, -0.2) is 38.9 Å². The minimum atomic E-state index is -0.482. The normalized spacial score (nSPS) is 11.5. The van der Waals surface area contributed by atoms with Crippen LogP contribution in [0.1, 0.15) is 5.56 Å².